The first-order valence-electron chi connectivity index (χ1n) is 10.9. The standard InChI is InChI=1S/C25H19BrN2O6S/c26-17-8-11-20(12-9-17)35(32,33)27(25(29)16-4-3-5-19(14-16)28(30)31)18-10-13-24-22(15-18)21-6-1-2-7-23(21)34-24/h3-5,8-15H,1-2,6-7H2. The van der Waals surface area contributed by atoms with Crippen molar-refractivity contribution >= 4 is 54.2 Å². The summed E-state index contributed by atoms with van der Waals surface area (Å²) >= 11 is 3.29. The number of carbonyl (C=O) groups excluding carboxylic acids is 1. The van der Waals surface area contributed by atoms with Gasteiger partial charge in [-0.3, -0.25) is 14.9 Å². The Kier molecular flexibility index (Phi) is 5.94. The van der Waals surface area contributed by atoms with Crippen molar-refractivity contribution in [3.8, 4) is 0 Å². The molecule has 0 saturated heterocycles. The SMILES string of the molecule is O=C(c1cccc([N+](=O)[O-])c1)N(c1ccc2oc3c(c2c1)CCCC3)S(=O)(=O)c1ccc(Br)cc1. The van der Waals surface area contributed by atoms with Crippen LogP contribution in [0.15, 0.2) is 80.5 Å². The van der Waals surface area contributed by atoms with Crippen LogP contribution in [0.25, 0.3) is 11.0 Å². The highest BCUT2D eigenvalue weighted by atomic mass is 79.9. The number of nitrogens with zero attached hydrogens (tertiary/aromatic N) is 2. The number of rotatable bonds is 5. The van der Waals surface area contributed by atoms with Crippen LogP contribution in [-0.4, -0.2) is 19.2 Å². The third-order valence-corrected chi connectivity index (χ3v) is 8.27. The van der Waals surface area contributed by atoms with Crippen LogP contribution in [0.2, 0.25) is 0 Å². The lowest BCUT2D eigenvalue weighted by Gasteiger charge is -2.23. The number of aryl methyl sites for hydroxylation is 2. The van der Waals surface area contributed by atoms with Crippen molar-refractivity contribution in [1.29, 1.82) is 0 Å². The Morgan fingerprint density at radius 1 is 1.00 bits per heavy atom. The van der Waals surface area contributed by atoms with Gasteiger partial charge in [0.15, 0.2) is 0 Å². The zero-order valence-electron chi connectivity index (χ0n) is 18.3. The summed E-state index contributed by atoms with van der Waals surface area (Å²) in [4.78, 5) is 24.2. The summed E-state index contributed by atoms with van der Waals surface area (Å²) < 4.78 is 34.9. The summed E-state index contributed by atoms with van der Waals surface area (Å²) in [6.45, 7) is 0. The van der Waals surface area contributed by atoms with E-state index in [0.29, 0.717) is 14.4 Å². The molecular weight excluding hydrogens is 536 g/mol. The van der Waals surface area contributed by atoms with Gasteiger partial charge in [-0.15, -0.1) is 0 Å². The van der Waals surface area contributed by atoms with E-state index in [1.165, 1.54) is 36.4 Å². The molecule has 35 heavy (non-hydrogen) atoms. The van der Waals surface area contributed by atoms with Gasteiger partial charge in [0.1, 0.15) is 11.3 Å². The molecule has 0 spiro atoms. The molecule has 1 aromatic heterocycles. The largest absolute Gasteiger partial charge is 0.461 e. The molecule has 0 N–H and O–H groups in total. The lowest BCUT2D eigenvalue weighted by Crippen LogP contribution is -2.37. The lowest BCUT2D eigenvalue weighted by atomic mass is 9.96. The van der Waals surface area contributed by atoms with E-state index in [0.717, 1.165) is 48.5 Å². The second-order valence-electron chi connectivity index (χ2n) is 8.23. The molecular formula is C25H19BrN2O6S. The molecule has 5 rings (SSSR count). The predicted octanol–water partition coefficient (Wildman–Crippen LogP) is 6.02. The third kappa shape index (κ3) is 4.23. The predicted molar refractivity (Wildman–Crippen MR) is 134 cm³/mol. The summed E-state index contributed by atoms with van der Waals surface area (Å²) in [5.74, 6) is -0.0101. The molecule has 1 amide bonds. The lowest BCUT2D eigenvalue weighted by molar-refractivity contribution is -0.384. The number of nitro groups is 1. The van der Waals surface area contributed by atoms with Crippen molar-refractivity contribution in [2.75, 3.05) is 4.31 Å². The van der Waals surface area contributed by atoms with E-state index in [4.69, 9.17) is 4.42 Å². The number of nitro benzene ring substituents is 1. The quantitative estimate of drug-likeness (QED) is 0.220. The summed E-state index contributed by atoms with van der Waals surface area (Å²) in [6.07, 6.45) is 3.64. The fraction of sp³-hybridized carbons (Fsp3) is 0.160. The van der Waals surface area contributed by atoms with Gasteiger partial charge >= 0.3 is 0 Å². The van der Waals surface area contributed by atoms with Crippen molar-refractivity contribution in [2.24, 2.45) is 0 Å². The van der Waals surface area contributed by atoms with Crippen molar-refractivity contribution in [2.45, 2.75) is 30.6 Å². The Morgan fingerprint density at radius 2 is 1.74 bits per heavy atom. The number of hydrogen-bond acceptors (Lipinski definition) is 6. The summed E-state index contributed by atoms with van der Waals surface area (Å²) in [5.41, 5.74) is 1.36. The van der Waals surface area contributed by atoms with Crippen LogP contribution in [0.5, 0.6) is 0 Å². The number of carbonyl (C=O) groups is 1. The van der Waals surface area contributed by atoms with Crippen LogP contribution in [0, 0.1) is 10.1 Å². The first-order chi connectivity index (χ1) is 16.8. The number of non-ortho nitro benzene ring substituents is 1. The first kappa shape index (κ1) is 23.3. The molecule has 1 aliphatic carbocycles. The number of amides is 1. The Morgan fingerprint density at radius 3 is 2.49 bits per heavy atom. The molecule has 0 aliphatic heterocycles. The van der Waals surface area contributed by atoms with Gasteiger partial charge in [-0.25, -0.2) is 8.42 Å². The average Bonchev–Trinajstić information content (AvgIpc) is 3.22. The molecule has 0 unspecified atom stereocenters. The molecule has 4 aromatic rings. The van der Waals surface area contributed by atoms with E-state index >= 15 is 0 Å². The number of benzene rings is 3. The zero-order valence-corrected chi connectivity index (χ0v) is 20.7. The summed E-state index contributed by atoms with van der Waals surface area (Å²) in [6, 6.07) is 15.8. The van der Waals surface area contributed by atoms with Crippen molar-refractivity contribution in [1.82, 2.24) is 0 Å². The molecule has 10 heteroatoms. The van der Waals surface area contributed by atoms with E-state index in [1.807, 2.05) is 0 Å². The summed E-state index contributed by atoms with van der Waals surface area (Å²) in [7, 11) is -4.36. The highest BCUT2D eigenvalue weighted by molar-refractivity contribution is 9.10. The number of halogens is 1. The van der Waals surface area contributed by atoms with Gasteiger partial charge in [0, 0.05) is 39.5 Å². The monoisotopic (exact) mass is 554 g/mol. The topological polar surface area (TPSA) is 111 Å². The third-order valence-electron chi connectivity index (χ3n) is 6.01. The minimum atomic E-state index is -4.36. The van der Waals surface area contributed by atoms with Crippen LogP contribution >= 0.6 is 15.9 Å². The number of anilines is 1. The molecule has 0 saturated carbocycles. The van der Waals surface area contributed by atoms with E-state index in [2.05, 4.69) is 15.9 Å². The van der Waals surface area contributed by atoms with Gasteiger partial charge in [-0.05, 0) is 67.8 Å². The van der Waals surface area contributed by atoms with Crippen LogP contribution in [0.1, 0.15) is 34.5 Å². The van der Waals surface area contributed by atoms with Crippen LogP contribution in [0.3, 0.4) is 0 Å². The maximum Gasteiger partial charge on any atom is 0.272 e. The Bertz CT molecular complexity index is 1580. The summed E-state index contributed by atoms with van der Waals surface area (Å²) in [5, 5.41) is 12.0. The van der Waals surface area contributed by atoms with Gasteiger partial charge in [0.25, 0.3) is 21.6 Å². The molecule has 0 bridgehead atoms. The van der Waals surface area contributed by atoms with Crippen molar-refractivity contribution < 1.29 is 22.6 Å². The maximum absolute atomic E-state index is 13.8. The minimum Gasteiger partial charge on any atom is -0.461 e. The zero-order chi connectivity index (χ0) is 24.7. The van der Waals surface area contributed by atoms with E-state index in [-0.39, 0.29) is 21.8 Å². The normalized spacial score (nSPS) is 13.4. The van der Waals surface area contributed by atoms with Gasteiger partial charge in [-0.1, -0.05) is 22.0 Å². The second-order valence-corrected chi connectivity index (χ2v) is 10.9. The van der Waals surface area contributed by atoms with E-state index in [9.17, 15) is 23.3 Å². The van der Waals surface area contributed by atoms with Crippen molar-refractivity contribution in [3.63, 3.8) is 0 Å². The van der Waals surface area contributed by atoms with Crippen LogP contribution in [0.4, 0.5) is 11.4 Å². The van der Waals surface area contributed by atoms with Gasteiger partial charge < -0.3 is 4.42 Å². The Balaban J connectivity index is 1.69. The highest BCUT2D eigenvalue weighted by Gasteiger charge is 2.33. The smallest absolute Gasteiger partial charge is 0.272 e. The first-order valence-corrected chi connectivity index (χ1v) is 13.1. The number of sulfonamides is 1. The minimum absolute atomic E-state index is 0.0891. The molecule has 0 fully saturated rings. The van der Waals surface area contributed by atoms with Crippen LogP contribution in [-0.2, 0) is 22.9 Å². The fourth-order valence-corrected chi connectivity index (χ4v) is 5.99. The number of hydrogen-bond donors (Lipinski definition) is 0. The molecule has 1 aliphatic rings. The van der Waals surface area contributed by atoms with Gasteiger partial charge in [0.05, 0.1) is 15.5 Å². The molecule has 0 atom stereocenters. The number of furan rings is 1. The van der Waals surface area contributed by atoms with Gasteiger partial charge in [0.2, 0.25) is 0 Å². The average molecular weight is 555 g/mol. The fourth-order valence-electron chi connectivity index (χ4n) is 4.32. The number of fused-ring (bicyclic) bond motifs is 3. The maximum atomic E-state index is 13.8. The van der Waals surface area contributed by atoms with Crippen molar-refractivity contribution in [3.05, 3.63) is 98.2 Å². The highest BCUT2D eigenvalue weighted by Crippen LogP contribution is 2.36. The Labute approximate surface area is 209 Å². The van der Waals surface area contributed by atoms with E-state index in [1.54, 1.807) is 24.3 Å². The van der Waals surface area contributed by atoms with E-state index < -0.39 is 20.9 Å². The Hall–Kier alpha value is -3.50. The second kappa shape index (κ2) is 8.94. The molecule has 0 radical (unpaired) electrons. The van der Waals surface area contributed by atoms with Crippen LogP contribution < -0.4 is 4.31 Å². The molecule has 8 nitrogen and oxygen atoms in total. The van der Waals surface area contributed by atoms with Gasteiger partial charge in [-0.2, -0.15) is 4.31 Å². The molecule has 3 aromatic carbocycles. The molecule has 178 valence electrons. The molecule has 1 heterocycles.